The molecule has 0 aromatic heterocycles. The van der Waals surface area contributed by atoms with Gasteiger partial charge < -0.3 is 0 Å². The predicted molar refractivity (Wildman–Crippen MR) is 95.2 cm³/mol. The molecule has 0 atom stereocenters. The maximum atomic E-state index is 12.9. The van der Waals surface area contributed by atoms with Crippen molar-refractivity contribution >= 4 is 11.6 Å². The predicted octanol–water partition coefficient (Wildman–Crippen LogP) is 4.61. The molecule has 0 unspecified atom stereocenters. The normalized spacial score (nSPS) is 10.5. The van der Waals surface area contributed by atoms with Crippen LogP contribution < -0.4 is 0 Å². The lowest BCUT2D eigenvalue weighted by Crippen LogP contribution is -2.26. The van der Waals surface area contributed by atoms with E-state index in [0.29, 0.717) is 17.5 Å². The van der Waals surface area contributed by atoms with Crippen LogP contribution in [0.2, 0.25) is 0 Å². The van der Waals surface area contributed by atoms with E-state index < -0.39 is 5.92 Å². The molecule has 0 spiro atoms. The van der Waals surface area contributed by atoms with E-state index in [1.165, 1.54) is 0 Å². The molecule has 0 saturated carbocycles. The molecular weight excluding hydrogens is 296 g/mol. The van der Waals surface area contributed by atoms with Gasteiger partial charge in [0.25, 0.3) is 0 Å². The van der Waals surface area contributed by atoms with Gasteiger partial charge in [0.2, 0.25) is 0 Å². The summed E-state index contributed by atoms with van der Waals surface area (Å²) < 4.78 is 0. The van der Waals surface area contributed by atoms with Crippen LogP contribution in [0.3, 0.4) is 0 Å². The third kappa shape index (κ3) is 3.66. The SMILES string of the molecule is O=C(c1ccccc1)C(Cc1ccccc1)C(=O)c1ccccc1. The van der Waals surface area contributed by atoms with Crippen LogP contribution in [-0.2, 0) is 6.42 Å². The Labute approximate surface area is 141 Å². The molecule has 0 radical (unpaired) electrons. The van der Waals surface area contributed by atoms with Crippen molar-refractivity contribution in [2.45, 2.75) is 6.42 Å². The Morgan fingerprint density at radius 3 is 1.38 bits per heavy atom. The minimum absolute atomic E-state index is 0.131. The number of hydrogen-bond donors (Lipinski definition) is 0. The number of rotatable bonds is 6. The lowest BCUT2D eigenvalue weighted by molar-refractivity contribution is 0.0806. The van der Waals surface area contributed by atoms with Crippen molar-refractivity contribution in [2.75, 3.05) is 0 Å². The highest BCUT2D eigenvalue weighted by atomic mass is 16.2. The van der Waals surface area contributed by atoms with Gasteiger partial charge in [0.05, 0.1) is 5.92 Å². The fourth-order valence-electron chi connectivity index (χ4n) is 2.76. The minimum atomic E-state index is -0.711. The van der Waals surface area contributed by atoms with E-state index >= 15 is 0 Å². The Balaban J connectivity index is 1.94. The summed E-state index contributed by atoms with van der Waals surface area (Å²) in [5, 5.41) is 0. The molecule has 0 aliphatic carbocycles. The zero-order valence-electron chi connectivity index (χ0n) is 13.3. The summed E-state index contributed by atoms with van der Waals surface area (Å²) in [4.78, 5) is 25.9. The van der Waals surface area contributed by atoms with Gasteiger partial charge in [-0.05, 0) is 12.0 Å². The fourth-order valence-corrected chi connectivity index (χ4v) is 2.76. The van der Waals surface area contributed by atoms with Gasteiger partial charge in [0.1, 0.15) is 0 Å². The van der Waals surface area contributed by atoms with Gasteiger partial charge >= 0.3 is 0 Å². The summed E-state index contributed by atoms with van der Waals surface area (Å²) in [6, 6.07) is 27.7. The number of benzene rings is 3. The maximum absolute atomic E-state index is 12.9. The number of Topliss-reactive ketones (excluding diaryl/α,β-unsaturated/α-hetero) is 2. The van der Waals surface area contributed by atoms with Gasteiger partial charge in [-0.2, -0.15) is 0 Å². The largest absolute Gasteiger partial charge is 0.293 e. The van der Waals surface area contributed by atoms with Crippen LogP contribution in [0.5, 0.6) is 0 Å². The van der Waals surface area contributed by atoms with Crippen molar-refractivity contribution in [2.24, 2.45) is 5.92 Å². The average Bonchev–Trinajstić information content (AvgIpc) is 2.67. The van der Waals surface area contributed by atoms with Gasteiger partial charge in [-0.1, -0.05) is 91.0 Å². The van der Waals surface area contributed by atoms with Gasteiger partial charge in [0.15, 0.2) is 11.6 Å². The van der Waals surface area contributed by atoms with Crippen LogP contribution in [0, 0.1) is 5.92 Å². The maximum Gasteiger partial charge on any atom is 0.174 e. The van der Waals surface area contributed by atoms with E-state index in [2.05, 4.69) is 0 Å². The molecule has 3 rings (SSSR count). The summed E-state index contributed by atoms with van der Waals surface area (Å²) in [6.45, 7) is 0. The van der Waals surface area contributed by atoms with Crippen LogP contribution in [0.4, 0.5) is 0 Å². The Morgan fingerprint density at radius 1 is 0.583 bits per heavy atom. The number of carbonyl (C=O) groups is 2. The van der Waals surface area contributed by atoms with Crippen LogP contribution in [0.1, 0.15) is 26.3 Å². The lowest BCUT2D eigenvalue weighted by Gasteiger charge is -2.15. The van der Waals surface area contributed by atoms with Gasteiger partial charge in [-0.3, -0.25) is 9.59 Å². The first-order chi connectivity index (χ1) is 11.8. The topological polar surface area (TPSA) is 34.1 Å². The second kappa shape index (κ2) is 7.51. The quantitative estimate of drug-likeness (QED) is 0.492. The molecule has 2 nitrogen and oxygen atoms in total. The molecular formula is C22H18O2. The third-order valence-corrected chi connectivity index (χ3v) is 4.03. The summed E-state index contributed by atoms with van der Waals surface area (Å²) in [6.07, 6.45) is 0.405. The first kappa shape index (κ1) is 15.9. The van der Waals surface area contributed by atoms with E-state index in [1.54, 1.807) is 24.3 Å². The standard InChI is InChI=1S/C22H18O2/c23-21(18-12-6-2-7-13-18)20(16-17-10-4-1-5-11-17)22(24)19-14-8-3-9-15-19/h1-15,20H,16H2. The fraction of sp³-hybridized carbons (Fsp3) is 0.0909. The van der Waals surface area contributed by atoms with Crippen LogP contribution in [0.15, 0.2) is 91.0 Å². The molecule has 0 heterocycles. The first-order valence-electron chi connectivity index (χ1n) is 7.98. The second-order valence-corrected chi connectivity index (χ2v) is 5.70. The van der Waals surface area contributed by atoms with E-state index in [1.807, 2.05) is 66.7 Å². The van der Waals surface area contributed by atoms with Gasteiger partial charge in [-0.15, -0.1) is 0 Å². The molecule has 2 heteroatoms. The summed E-state index contributed by atoms with van der Waals surface area (Å²) in [7, 11) is 0. The van der Waals surface area contributed by atoms with E-state index in [0.717, 1.165) is 5.56 Å². The lowest BCUT2D eigenvalue weighted by atomic mass is 9.85. The zero-order chi connectivity index (χ0) is 16.8. The van der Waals surface area contributed by atoms with Crippen molar-refractivity contribution in [3.63, 3.8) is 0 Å². The molecule has 24 heavy (non-hydrogen) atoms. The van der Waals surface area contributed by atoms with Gasteiger partial charge in [-0.25, -0.2) is 0 Å². The highest BCUT2D eigenvalue weighted by molar-refractivity contribution is 6.16. The van der Waals surface area contributed by atoms with Crippen molar-refractivity contribution < 1.29 is 9.59 Å². The molecule has 3 aromatic rings. The Bertz CT molecular complexity index is 757. The first-order valence-corrected chi connectivity index (χ1v) is 7.98. The molecule has 0 aliphatic heterocycles. The number of hydrogen-bond acceptors (Lipinski definition) is 2. The molecule has 0 bridgehead atoms. The van der Waals surface area contributed by atoms with Crippen molar-refractivity contribution in [3.05, 3.63) is 108 Å². The molecule has 118 valence electrons. The van der Waals surface area contributed by atoms with E-state index in [4.69, 9.17) is 0 Å². The van der Waals surface area contributed by atoms with Crippen molar-refractivity contribution in [1.82, 2.24) is 0 Å². The highest BCUT2D eigenvalue weighted by Crippen LogP contribution is 2.20. The minimum Gasteiger partial charge on any atom is -0.293 e. The van der Waals surface area contributed by atoms with Crippen molar-refractivity contribution in [3.8, 4) is 0 Å². The smallest absolute Gasteiger partial charge is 0.174 e. The Kier molecular flexibility index (Phi) is 4.97. The molecule has 3 aromatic carbocycles. The number of carbonyl (C=O) groups excluding carboxylic acids is 2. The van der Waals surface area contributed by atoms with E-state index in [-0.39, 0.29) is 11.6 Å². The third-order valence-electron chi connectivity index (χ3n) is 4.03. The monoisotopic (exact) mass is 314 g/mol. The Morgan fingerprint density at radius 2 is 0.958 bits per heavy atom. The number of ketones is 2. The van der Waals surface area contributed by atoms with Crippen LogP contribution in [-0.4, -0.2) is 11.6 Å². The van der Waals surface area contributed by atoms with Crippen molar-refractivity contribution in [1.29, 1.82) is 0 Å². The van der Waals surface area contributed by atoms with Gasteiger partial charge in [0, 0.05) is 11.1 Å². The van der Waals surface area contributed by atoms with Crippen LogP contribution in [0.25, 0.3) is 0 Å². The Hall–Kier alpha value is -3.00. The molecule has 0 fully saturated rings. The average molecular weight is 314 g/mol. The molecule has 0 amide bonds. The summed E-state index contributed by atoms with van der Waals surface area (Å²) in [5.74, 6) is -0.973. The summed E-state index contributed by atoms with van der Waals surface area (Å²) in [5.41, 5.74) is 2.13. The van der Waals surface area contributed by atoms with Crippen LogP contribution >= 0.6 is 0 Å². The molecule has 0 saturated heterocycles. The molecule has 0 aliphatic rings. The molecule has 0 N–H and O–H groups in total. The summed E-state index contributed by atoms with van der Waals surface area (Å²) >= 11 is 0. The van der Waals surface area contributed by atoms with E-state index in [9.17, 15) is 9.59 Å². The zero-order valence-corrected chi connectivity index (χ0v) is 13.3. The second-order valence-electron chi connectivity index (χ2n) is 5.70. The highest BCUT2D eigenvalue weighted by Gasteiger charge is 2.28.